The van der Waals surface area contributed by atoms with Gasteiger partial charge in [-0.1, -0.05) is 47.6 Å². The van der Waals surface area contributed by atoms with E-state index in [1.807, 2.05) is 36.6 Å². The smallest absolute Gasteiger partial charge is 0.191 e. The van der Waals surface area contributed by atoms with Crippen LogP contribution in [-0.2, 0) is 18.9 Å². The summed E-state index contributed by atoms with van der Waals surface area (Å²) in [6, 6.07) is 10.5. The van der Waals surface area contributed by atoms with Crippen LogP contribution in [0.3, 0.4) is 0 Å². The zero-order valence-electron chi connectivity index (χ0n) is 15.8. The van der Waals surface area contributed by atoms with Crippen molar-refractivity contribution >= 4 is 23.4 Å². The van der Waals surface area contributed by atoms with Crippen LogP contribution in [0.15, 0.2) is 54.2 Å². The lowest BCUT2D eigenvalue weighted by atomic mass is 10.1. The van der Waals surface area contributed by atoms with E-state index in [-0.39, 0.29) is 12.4 Å². The van der Waals surface area contributed by atoms with E-state index in [1.165, 1.54) is 17.8 Å². The average molecular weight is 418 g/mol. The van der Waals surface area contributed by atoms with Gasteiger partial charge in [-0.3, -0.25) is 4.57 Å². The van der Waals surface area contributed by atoms with Crippen LogP contribution in [0, 0.1) is 19.7 Å². The number of rotatable bonds is 8. The molecule has 0 saturated heterocycles. The number of hydrogen-bond acceptors (Lipinski definition) is 4. The summed E-state index contributed by atoms with van der Waals surface area (Å²) in [4.78, 5) is 0. The normalized spacial score (nSPS) is 10.9. The van der Waals surface area contributed by atoms with Gasteiger partial charge in [-0.15, -0.1) is 16.8 Å². The number of ether oxygens (including phenoxy) is 1. The Balaban J connectivity index is 1.73. The largest absolute Gasteiger partial charge is 0.486 e. The summed E-state index contributed by atoms with van der Waals surface area (Å²) in [6.07, 6.45) is 1.77. The Morgan fingerprint density at radius 2 is 1.93 bits per heavy atom. The summed E-state index contributed by atoms with van der Waals surface area (Å²) in [5.41, 5.74) is 2.56. The minimum Gasteiger partial charge on any atom is -0.486 e. The fourth-order valence-corrected chi connectivity index (χ4v) is 3.80. The second-order valence-corrected chi connectivity index (χ2v) is 7.66. The van der Waals surface area contributed by atoms with Gasteiger partial charge in [0, 0.05) is 17.3 Å². The van der Waals surface area contributed by atoms with Gasteiger partial charge in [0.15, 0.2) is 11.0 Å². The van der Waals surface area contributed by atoms with E-state index in [4.69, 9.17) is 16.3 Å². The lowest BCUT2D eigenvalue weighted by Gasteiger charge is -2.11. The Morgan fingerprint density at radius 1 is 1.21 bits per heavy atom. The molecule has 0 amide bonds. The summed E-state index contributed by atoms with van der Waals surface area (Å²) in [5.74, 6) is 1.66. The van der Waals surface area contributed by atoms with E-state index >= 15 is 0 Å². The summed E-state index contributed by atoms with van der Waals surface area (Å²) < 4.78 is 21.7. The molecular weight excluding hydrogens is 397 g/mol. The van der Waals surface area contributed by atoms with Gasteiger partial charge in [-0.05, 0) is 48.7 Å². The first-order chi connectivity index (χ1) is 13.5. The number of aryl methyl sites for hydroxylation is 2. The highest BCUT2D eigenvalue weighted by Crippen LogP contribution is 2.27. The number of allylic oxidation sites excluding steroid dienone is 1. The zero-order chi connectivity index (χ0) is 20.1. The minimum atomic E-state index is -0.221. The fourth-order valence-electron chi connectivity index (χ4n) is 2.74. The summed E-state index contributed by atoms with van der Waals surface area (Å²) in [7, 11) is 0. The number of thioether (sulfide) groups is 1. The molecule has 0 atom stereocenters. The molecular formula is C21H21ClFN3OS. The highest BCUT2D eigenvalue weighted by atomic mass is 35.5. The quantitative estimate of drug-likeness (QED) is 0.346. The van der Waals surface area contributed by atoms with Gasteiger partial charge in [-0.25, -0.2) is 4.39 Å². The maximum Gasteiger partial charge on any atom is 0.191 e. The molecule has 0 N–H and O–H groups in total. The predicted molar refractivity (Wildman–Crippen MR) is 111 cm³/mol. The van der Waals surface area contributed by atoms with Gasteiger partial charge >= 0.3 is 0 Å². The Labute approximate surface area is 173 Å². The number of nitrogens with zero attached hydrogens (tertiary/aromatic N) is 3. The number of halogens is 2. The van der Waals surface area contributed by atoms with E-state index < -0.39 is 0 Å². The molecule has 0 radical (unpaired) electrons. The molecule has 3 rings (SSSR count). The van der Waals surface area contributed by atoms with Gasteiger partial charge in [0.25, 0.3) is 0 Å². The first-order valence-corrected chi connectivity index (χ1v) is 10.1. The van der Waals surface area contributed by atoms with E-state index in [1.54, 1.807) is 18.2 Å². The third kappa shape index (κ3) is 4.75. The molecule has 0 aliphatic rings. The summed E-state index contributed by atoms with van der Waals surface area (Å²) >= 11 is 7.64. The number of aromatic nitrogens is 3. The van der Waals surface area contributed by atoms with Crippen molar-refractivity contribution in [2.75, 3.05) is 0 Å². The van der Waals surface area contributed by atoms with Crippen LogP contribution in [0.4, 0.5) is 4.39 Å². The van der Waals surface area contributed by atoms with Crippen LogP contribution in [0.5, 0.6) is 5.75 Å². The monoisotopic (exact) mass is 417 g/mol. The van der Waals surface area contributed by atoms with Crippen molar-refractivity contribution in [3.05, 3.63) is 82.4 Å². The maximum atomic E-state index is 13.8. The molecule has 1 heterocycles. The minimum absolute atomic E-state index is 0.221. The zero-order valence-corrected chi connectivity index (χ0v) is 17.4. The van der Waals surface area contributed by atoms with Gasteiger partial charge < -0.3 is 4.74 Å². The molecule has 28 heavy (non-hydrogen) atoms. The molecule has 4 nitrogen and oxygen atoms in total. The van der Waals surface area contributed by atoms with E-state index in [9.17, 15) is 4.39 Å². The van der Waals surface area contributed by atoms with Gasteiger partial charge in [0.2, 0.25) is 0 Å². The van der Waals surface area contributed by atoms with Crippen molar-refractivity contribution in [3.8, 4) is 5.75 Å². The van der Waals surface area contributed by atoms with Crippen molar-refractivity contribution in [2.24, 2.45) is 0 Å². The van der Waals surface area contributed by atoms with E-state index in [0.29, 0.717) is 28.8 Å². The van der Waals surface area contributed by atoms with Crippen molar-refractivity contribution in [2.45, 2.75) is 37.9 Å². The average Bonchev–Trinajstić information content (AvgIpc) is 3.06. The molecule has 0 unspecified atom stereocenters. The van der Waals surface area contributed by atoms with E-state index in [0.717, 1.165) is 21.9 Å². The van der Waals surface area contributed by atoms with Crippen molar-refractivity contribution in [3.63, 3.8) is 0 Å². The highest BCUT2D eigenvalue weighted by molar-refractivity contribution is 7.98. The molecule has 7 heteroatoms. The third-order valence-electron chi connectivity index (χ3n) is 4.20. The maximum absolute atomic E-state index is 13.8. The van der Waals surface area contributed by atoms with Crippen molar-refractivity contribution < 1.29 is 9.13 Å². The highest BCUT2D eigenvalue weighted by Gasteiger charge is 2.14. The van der Waals surface area contributed by atoms with Gasteiger partial charge in [0.1, 0.15) is 18.2 Å². The molecule has 0 fully saturated rings. The first-order valence-electron chi connectivity index (χ1n) is 8.78. The topological polar surface area (TPSA) is 39.9 Å². The Hall–Kier alpha value is -2.31. The second kappa shape index (κ2) is 9.26. The van der Waals surface area contributed by atoms with Crippen LogP contribution >= 0.6 is 23.4 Å². The molecule has 3 aromatic rings. The Bertz CT molecular complexity index is 967. The van der Waals surface area contributed by atoms with Gasteiger partial charge in [0.05, 0.1) is 0 Å². The molecule has 146 valence electrons. The Morgan fingerprint density at radius 3 is 2.61 bits per heavy atom. The Kier molecular flexibility index (Phi) is 6.75. The molecule has 0 saturated carbocycles. The third-order valence-corrected chi connectivity index (χ3v) is 5.81. The van der Waals surface area contributed by atoms with Crippen molar-refractivity contribution in [1.82, 2.24) is 14.8 Å². The molecule has 0 spiro atoms. The number of benzene rings is 2. The molecule has 2 aromatic carbocycles. The second-order valence-electron chi connectivity index (χ2n) is 6.34. The molecule has 0 aliphatic carbocycles. The summed E-state index contributed by atoms with van der Waals surface area (Å²) in [5, 5.41) is 9.94. The fraction of sp³-hybridized carbons (Fsp3) is 0.238. The SMILES string of the molecule is C=CCn1c(COc2cc(C)c(Cl)c(C)c2)nnc1SCc1ccccc1F. The van der Waals surface area contributed by atoms with Crippen LogP contribution in [-0.4, -0.2) is 14.8 Å². The van der Waals surface area contributed by atoms with Crippen LogP contribution < -0.4 is 4.74 Å². The van der Waals surface area contributed by atoms with Gasteiger partial charge in [-0.2, -0.15) is 0 Å². The van der Waals surface area contributed by atoms with Crippen LogP contribution in [0.2, 0.25) is 5.02 Å². The number of hydrogen-bond donors (Lipinski definition) is 0. The first kappa shape index (κ1) is 20.4. The molecule has 1 aromatic heterocycles. The summed E-state index contributed by atoms with van der Waals surface area (Å²) in [6.45, 7) is 8.50. The standard InChI is InChI=1S/C21H21ClFN3OS/c1-4-9-26-19(12-27-17-10-14(2)20(22)15(3)11-17)24-25-21(26)28-13-16-7-5-6-8-18(16)23/h4-8,10-11H,1,9,12-13H2,2-3H3. The molecule has 0 aliphatic heterocycles. The molecule has 0 bridgehead atoms. The van der Waals surface area contributed by atoms with Crippen molar-refractivity contribution in [1.29, 1.82) is 0 Å². The lowest BCUT2D eigenvalue weighted by molar-refractivity contribution is 0.289. The van der Waals surface area contributed by atoms with E-state index in [2.05, 4.69) is 16.8 Å². The van der Waals surface area contributed by atoms with Crippen LogP contribution in [0.25, 0.3) is 0 Å². The lowest BCUT2D eigenvalue weighted by Crippen LogP contribution is -2.08. The predicted octanol–water partition coefficient (Wildman–Crippen LogP) is 5.74. The van der Waals surface area contributed by atoms with Crippen LogP contribution in [0.1, 0.15) is 22.5 Å².